The lowest BCUT2D eigenvalue weighted by Gasteiger charge is -2.39. The third-order valence-electron chi connectivity index (χ3n) is 3.31. The van der Waals surface area contributed by atoms with Gasteiger partial charge in [0.1, 0.15) is 0 Å². The minimum atomic E-state index is -1.11. The Labute approximate surface area is 108 Å². The predicted molar refractivity (Wildman–Crippen MR) is 70.1 cm³/mol. The van der Waals surface area contributed by atoms with Crippen molar-refractivity contribution in [3.8, 4) is 12.3 Å². The Hall–Kier alpha value is -1.70. The summed E-state index contributed by atoms with van der Waals surface area (Å²) in [4.78, 5) is 23.0. The van der Waals surface area contributed by atoms with Crippen LogP contribution in [0.3, 0.4) is 0 Å². The normalized spacial score (nSPS) is 12.5. The Morgan fingerprint density at radius 2 is 1.50 bits per heavy atom. The number of aliphatic carboxylic acids is 1. The summed E-state index contributed by atoms with van der Waals surface area (Å²) in [5, 5.41) is 14.4. The number of hydrogen-bond donors (Lipinski definition) is 3. The summed E-state index contributed by atoms with van der Waals surface area (Å²) in [6, 6.07) is -0.489. The lowest BCUT2D eigenvalue weighted by Crippen LogP contribution is -2.61. The van der Waals surface area contributed by atoms with Crippen LogP contribution in [0.4, 0.5) is 4.79 Å². The Balaban J connectivity index is 4.86. The van der Waals surface area contributed by atoms with Gasteiger partial charge < -0.3 is 15.7 Å². The Morgan fingerprint density at radius 1 is 1.06 bits per heavy atom. The van der Waals surface area contributed by atoms with Gasteiger partial charge in [0.15, 0.2) is 0 Å². The van der Waals surface area contributed by atoms with Crippen LogP contribution in [0.5, 0.6) is 0 Å². The molecule has 0 bridgehead atoms. The number of terminal acetylenes is 1. The number of carboxylic acids is 1. The largest absolute Gasteiger partial charge is 0.481 e. The van der Waals surface area contributed by atoms with Crippen LogP contribution >= 0.6 is 0 Å². The van der Waals surface area contributed by atoms with Crippen molar-refractivity contribution in [3.05, 3.63) is 0 Å². The van der Waals surface area contributed by atoms with Crippen molar-refractivity contribution in [1.29, 1.82) is 0 Å². The fourth-order valence-corrected chi connectivity index (χ4v) is 1.06. The van der Waals surface area contributed by atoms with Gasteiger partial charge in [-0.3, -0.25) is 4.79 Å². The summed E-state index contributed by atoms with van der Waals surface area (Å²) >= 11 is 0. The van der Waals surface area contributed by atoms with E-state index in [9.17, 15) is 9.59 Å². The van der Waals surface area contributed by atoms with E-state index in [1.807, 2.05) is 0 Å². The van der Waals surface area contributed by atoms with Gasteiger partial charge in [-0.25, -0.2) is 4.79 Å². The number of urea groups is 1. The molecule has 0 saturated carbocycles. The minimum Gasteiger partial charge on any atom is -0.481 e. The van der Waals surface area contributed by atoms with E-state index < -0.39 is 28.5 Å². The molecular weight excluding hydrogens is 232 g/mol. The number of hydrogen-bond acceptors (Lipinski definition) is 2. The maximum atomic E-state index is 11.8. The third kappa shape index (κ3) is 3.66. The molecule has 0 atom stereocenters. The van der Waals surface area contributed by atoms with Crippen LogP contribution in [0.15, 0.2) is 0 Å². The van der Waals surface area contributed by atoms with Crippen molar-refractivity contribution in [2.75, 3.05) is 0 Å². The summed E-state index contributed by atoms with van der Waals surface area (Å²) in [5.74, 6) is 1.45. The number of amides is 2. The fourth-order valence-electron chi connectivity index (χ4n) is 1.06. The van der Waals surface area contributed by atoms with E-state index in [-0.39, 0.29) is 0 Å². The van der Waals surface area contributed by atoms with Crippen molar-refractivity contribution < 1.29 is 14.7 Å². The zero-order chi connectivity index (χ0) is 14.8. The van der Waals surface area contributed by atoms with Crippen molar-refractivity contribution in [2.24, 2.45) is 5.41 Å². The highest BCUT2D eigenvalue weighted by atomic mass is 16.4. The maximum Gasteiger partial charge on any atom is 0.316 e. The second-order valence-corrected chi connectivity index (χ2v) is 5.90. The zero-order valence-electron chi connectivity index (χ0n) is 11.8. The second-order valence-electron chi connectivity index (χ2n) is 5.90. The molecule has 0 unspecified atom stereocenters. The lowest BCUT2D eigenvalue weighted by atomic mass is 9.74. The highest BCUT2D eigenvalue weighted by molar-refractivity contribution is 5.80. The minimum absolute atomic E-state index is 0.489. The number of carbonyl (C=O) groups is 2. The van der Waals surface area contributed by atoms with Crippen LogP contribution < -0.4 is 10.6 Å². The Bertz CT molecular complexity index is 390. The molecule has 0 aromatic carbocycles. The molecule has 0 spiro atoms. The van der Waals surface area contributed by atoms with E-state index in [2.05, 4.69) is 16.6 Å². The highest BCUT2D eigenvalue weighted by Crippen LogP contribution is 2.30. The quantitative estimate of drug-likeness (QED) is 0.667. The average Bonchev–Trinajstić information content (AvgIpc) is 2.15. The molecule has 0 rings (SSSR count). The molecule has 0 aliphatic heterocycles. The summed E-state index contributed by atoms with van der Waals surface area (Å²) in [7, 11) is 0. The molecule has 102 valence electrons. The van der Waals surface area contributed by atoms with Gasteiger partial charge in [-0.15, -0.1) is 6.42 Å². The summed E-state index contributed by atoms with van der Waals surface area (Å²) in [5.41, 5.74) is -2.81. The summed E-state index contributed by atoms with van der Waals surface area (Å²) in [6.07, 6.45) is 5.27. The third-order valence-corrected chi connectivity index (χ3v) is 3.31. The molecular formula is C13H22N2O3. The monoisotopic (exact) mass is 254 g/mol. The first-order valence-corrected chi connectivity index (χ1v) is 5.67. The van der Waals surface area contributed by atoms with Crippen LogP contribution in [0.1, 0.15) is 41.5 Å². The maximum absolute atomic E-state index is 11.8. The van der Waals surface area contributed by atoms with Crippen LogP contribution in [-0.2, 0) is 4.79 Å². The smallest absolute Gasteiger partial charge is 0.316 e. The Morgan fingerprint density at radius 3 is 1.83 bits per heavy atom. The van der Waals surface area contributed by atoms with E-state index in [0.29, 0.717) is 0 Å². The summed E-state index contributed by atoms with van der Waals surface area (Å²) < 4.78 is 0. The molecule has 0 aliphatic rings. The fraction of sp³-hybridized carbons (Fsp3) is 0.692. The van der Waals surface area contributed by atoms with Gasteiger partial charge in [0.2, 0.25) is 0 Å². The van der Waals surface area contributed by atoms with Crippen LogP contribution in [0.2, 0.25) is 0 Å². The van der Waals surface area contributed by atoms with Gasteiger partial charge in [-0.05, 0) is 41.5 Å². The molecule has 0 saturated heterocycles. The topological polar surface area (TPSA) is 78.4 Å². The van der Waals surface area contributed by atoms with Crippen LogP contribution in [0.25, 0.3) is 0 Å². The average molecular weight is 254 g/mol. The van der Waals surface area contributed by atoms with Gasteiger partial charge in [0, 0.05) is 0 Å². The zero-order valence-corrected chi connectivity index (χ0v) is 11.8. The molecule has 0 aromatic rings. The first kappa shape index (κ1) is 16.3. The number of rotatable bonds is 4. The molecule has 3 N–H and O–H groups in total. The second kappa shape index (κ2) is 4.89. The van der Waals surface area contributed by atoms with Crippen molar-refractivity contribution >= 4 is 12.0 Å². The molecule has 0 radical (unpaired) electrons. The van der Waals surface area contributed by atoms with Gasteiger partial charge in [0.25, 0.3) is 0 Å². The molecule has 0 fully saturated rings. The molecule has 5 heteroatoms. The standard InChI is InChI=1S/C13H22N2O3/c1-8-11(2,3)14-10(18)15-13(6,7)12(4,5)9(16)17/h1H,2-7H3,(H,16,17)(H2,14,15,18). The summed E-state index contributed by atoms with van der Waals surface area (Å²) in [6.45, 7) is 9.79. The molecule has 5 nitrogen and oxygen atoms in total. The highest BCUT2D eigenvalue weighted by Gasteiger charge is 2.44. The molecule has 18 heavy (non-hydrogen) atoms. The first-order valence-electron chi connectivity index (χ1n) is 5.67. The number of nitrogens with one attached hydrogen (secondary N) is 2. The van der Waals surface area contributed by atoms with Gasteiger partial charge in [-0.2, -0.15) is 0 Å². The van der Waals surface area contributed by atoms with E-state index in [0.717, 1.165) is 0 Å². The number of carbonyl (C=O) groups excluding carboxylic acids is 1. The van der Waals surface area contributed by atoms with Crippen LogP contribution in [-0.4, -0.2) is 28.2 Å². The van der Waals surface area contributed by atoms with E-state index in [1.165, 1.54) is 0 Å². The van der Waals surface area contributed by atoms with Crippen LogP contribution in [0, 0.1) is 17.8 Å². The van der Waals surface area contributed by atoms with Gasteiger partial charge in [-0.1, -0.05) is 5.92 Å². The SMILES string of the molecule is C#CC(C)(C)NC(=O)NC(C)(C)C(C)(C)C(=O)O. The van der Waals surface area contributed by atoms with Crippen molar-refractivity contribution in [3.63, 3.8) is 0 Å². The van der Waals surface area contributed by atoms with Crippen molar-refractivity contribution in [2.45, 2.75) is 52.6 Å². The van der Waals surface area contributed by atoms with Crippen molar-refractivity contribution in [1.82, 2.24) is 10.6 Å². The van der Waals surface area contributed by atoms with Gasteiger partial charge in [0.05, 0.1) is 16.5 Å². The van der Waals surface area contributed by atoms with E-state index in [4.69, 9.17) is 11.5 Å². The molecule has 0 aromatic heterocycles. The predicted octanol–water partition coefficient (Wildman–Crippen LogP) is 1.59. The first-order chi connectivity index (χ1) is 7.85. The van der Waals surface area contributed by atoms with E-state index in [1.54, 1.807) is 41.5 Å². The van der Waals surface area contributed by atoms with E-state index >= 15 is 0 Å². The molecule has 2 amide bonds. The Kier molecular flexibility index (Phi) is 4.43. The lowest BCUT2D eigenvalue weighted by molar-refractivity contribution is -0.150. The molecule has 0 heterocycles. The molecule has 0 aliphatic carbocycles. The number of carboxylic acid groups (broad SMARTS) is 1. The van der Waals surface area contributed by atoms with Gasteiger partial charge >= 0.3 is 12.0 Å².